The van der Waals surface area contributed by atoms with E-state index in [0.29, 0.717) is 0 Å². The topological polar surface area (TPSA) is 49.5 Å². The molecule has 0 aromatic heterocycles. The van der Waals surface area contributed by atoms with Crippen LogP contribution in [0.15, 0.2) is 24.3 Å². The highest BCUT2D eigenvalue weighted by Crippen LogP contribution is 2.23. The van der Waals surface area contributed by atoms with E-state index in [-0.39, 0.29) is 12.1 Å². The van der Waals surface area contributed by atoms with Gasteiger partial charge in [0, 0.05) is 18.4 Å². The maximum Gasteiger partial charge on any atom is 0.0658 e. The van der Waals surface area contributed by atoms with Crippen LogP contribution in [0.25, 0.3) is 0 Å². The van der Waals surface area contributed by atoms with E-state index in [1.165, 1.54) is 0 Å². The molecule has 0 atom stereocenters. The Morgan fingerprint density at radius 3 is 2.57 bits per heavy atom. The Morgan fingerprint density at radius 2 is 2.07 bits per heavy atom. The SMILES string of the molecule is CN(c1cccc(N)c1)C(C)(C)CO. The van der Waals surface area contributed by atoms with Gasteiger partial charge in [0.1, 0.15) is 0 Å². The first kappa shape index (κ1) is 10.9. The molecule has 78 valence electrons. The molecule has 0 saturated carbocycles. The Balaban J connectivity index is 2.94. The second kappa shape index (κ2) is 3.88. The van der Waals surface area contributed by atoms with Gasteiger partial charge in [0.25, 0.3) is 0 Å². The molecular formula is C11H18N2O. The molecular weight excluding hydrogens is 176 g/mol. The van der Waals surface area contributed by atoms with Crippen LogP contribution < -0.4 is 10.6 Å². The zero-order valence-corrected chi connectivity index (χ0v) is 8.99. The number of hydrogen-bond donors (Lipinski definition) is 2. The van der Waals surface area contributed by atoms with Crippen molar-refractivity contribution in [3.8, 4) is 0 Å². The van der Waals surface area contributed by atoms with Crippen LogP contribution in [0.2, 0.25) is 0 Å². The third-order valence-electron chi connectivity index (χ3n) is 2.55. The zero-order chi connectivity index (χ0) is 10.8. The number of aliphatic hydroxyl groups is 1. The van der Waals surface area contributed by atoms with Gasteiger partial charge in [-0.1, -0.05) is 6.07 Å². The summed E-state index contributed by atoms with van der Waals surface area (Å²) in [5.41, 5.74) is 7.18. The van der Waals surface area contributed by atoms with E-state index in [0.717, 1.165) is 11.4 Å². The molecule has 0 fully saturated rings. The van der Waals surface area contributed by atoms with Gasteiger partial charge in [0.05, 0.1) is 12.1 Å². The number of nitrogen functional groups attached to an aromatic ring is 1. The molecule has 1 rings (SSSR count). The fraction of sp³-hybridized carbons (Fsp3) is 0.455. The van der Waals surface area contributed by atoms with Crippen molar-refractivity contribution >= 4 is 11.4 Å². The lowest BCUT2D eigenvalue weighted by atomic mass is 10.0. The lowest BCUT2D eigenvalue weighted by Gasteiger charge is -2.35. The fourth-order valence-corrected chi connectivity index (χ4v) is 1.19. The molecule has 0 amide bonds. The van der Waals surface area contributed by atoms with Gasteiger partial charge in [-0.3, -0.25) is 0 Å². The summed E-state index contributed by atoms with van der Waals surface area (Å²) in [4.78, 5) is 2.02. The van der Waals surface area contributed by atoms with Crippen LogP contribution in [0, 0.1) is 0 Å². The summed E-state index contributed by atoms with van der Waals surface area (Å²) in [6, 6.07) is 7.64. The van der Waals surface area contributed by atoms with E-state index in [1.807, 2.05) is 50.1 Å². The Hall–Kier alpha value is -1.22. The van der Waals surface area contributed by atoms with Crippen LogP contribution in [0.1, 0.15) is 13.8 Å². The van der Waals surface area contributed by atoms with Crippen LogP contribution in [-0.2, 0) is 0 Å². The van der Waals surface area contributed by atoms with Crippen molar-refractivity contribution in [1.82, 2.24) is 0 Å². The Bertz CT molecular complexity index is 310. The van der Waals surface area contributed by atoms with Gasteiger partial charge in [-0.25, -0.2) is 0 Å². The van der Waals surface area contributed by atoms with E-state index in [9.17, 15) is 5.11 Å². The molecule has 14 heavy (non-hydrogen) atoms. The number of rotatable bonds is 3. The molecule has 1 aromatic carbocycles. The monoisotopic (exact) mass is 194 g/mol. The first-order valence-electron chi connectivity index (χ1n) is 4.67. The molecule has 3 N–H and O–H groups in total. The van der Waals surface area contributed by atoms with E-state index in [4.69, 9.17) is 5.73 Å². The molecule has 0 radical (unpaired) electrons. The number of likely N-dealkylation sites (N-methyl/N-ethyl adjacent to an activating group) is 1. The highest BCUT2D eigenvalue weighted by molar-refractivity contribution is 5.56. The second-order valence-electron chi connectivity index (χ2n) is 4.12. The molecule has 1 aromatic rings. The Morgan fingerprint density at radius 1 is 1.43 bits per heavy atom. The molecule has 0 heterocycles. The molecule has 3 nitrogen and oxygen atoms in total. The number of anilines is 2. The summed E-state index contributed by atoms with van der Waals surface area (Å²) in [5, 5.41) is 9.22. The number of nitrogens with zero attached hydrogens (tertiary/aromatic N) is 1. The molecule has 0 spiro atoms. The molecule has 3 heteroatoms. The minimum atomic E-state index is -0.270. The van der Waals surface area contributed by atoms with Crippen LogP contribution in [0.5, 0.6) is 0 Å². The normalized spacial score (nSPS) is 11.4. The largest absolute Gasteiger partial charge is 0.399 e. The summed E-state index contributed by atoms with van der Waals surface area (Å²) in [5.74, 6) is 0. The minimum Gasteiger partial charge on any atom is -0.399 e. The van der Waals surface area contributed by atoms with Crippen LogP contribution in [-0.4, -0.2) is 24.3 Å². The highest BCUT2D eigenvalue weighted by Gasteiger charge is 2.22. The maximum atomic E-state index is 9.22. The summed E-state index contributed by atoms with van der Waals surface area (Å²) >= 11 is 0. The van der Waals surface area contributed by atoms with E-state index >= 15 is 0 Å². The van der Waals surface area contributed by atoms with Crippen LogP contribution in [0.3, 0.4) is 0 Å². The van der Waals surface area contributed by atoms with Gasteiger partial charge in [-0.2, -0.15) is 0 Å². The smallest absolute Gasteiger partial charge is 0.0658 e. The van der Waals surface area contributed by atoms with Crippen molar-refractivity contribution in [1.29, 1.82) is 0 Å². The summed E-state index contributed by atoms with van der Waals surface area (Å²) in [6.45, 7) is 4.07. The number of benzene rings is 1. The maximum absolute atomic E-state index is 9.22. The van der Waals surface area contributed by atoms with Crippen LogP contribution in [0.4, 0.5) is 11.4 Å². The van der Waals surface area contributed by atoms with Gasteiger partial charge in [0.15, 0.2) is 0 Å². The van der Waals surface area contributed by atoms with E-state index in [2.05, 4.69) is 0 Å². The predicted octanol–water partition coefficient (Wildman–Crippen LogP) is 1.48. The van der Waals surface area contributed by atoms with Crippen molar-refractivity contribution in [2.75, 3.05) is 24.3 Å². The Labute approximate surface area is 85.2 Å². The molecule has 0 unspecified atom stereocenters. The number of nitrogens with two attached hydrogens (primary N) is 1. The summed E-state index contributed by atoms with van der Waals surface area (Å²) in [6.07, 6.45) is 0. The average molecular weight is 194 g/mol. The van der Waals surface area contributed by atoms with E-state index in [1.54, 1.807) is 0 Å². The van der Waals surface area contributed by atoms with Crippen molar-refractivity contribution in [2.45, 2.75) is 19.4 Å². The van der Waals surface area contributed by atoms with Crippen molar-refractivity contribution in [2.24, 2.45) is 0 Å². The van der Waals surface area contributed by atoms with Crippen molar-refractivity contribution < 1.29 is 5.11 Å². The molecule has 0 saturated heterocycles. The van der Waals surface area contributed by atoms with Gasteiger partial charge < -0.3 is 15.7 Å². The summed E-state index contributed by atoms with van der Waals surface area (Å²) in [7, 11) is 1.95. The van der Waals surface area contributed by atoms with Gasteiger partial charge >= 0.3 is 0 Å². The molecule has 0 aliphatic rings. The van der Waals surface area contributed by atoms with E-state index < -0.39 is 0 Å². The lowest BCUT2D eigenvalue weighted by Crippen LogP contribution is -2.44. The minimum absolute atomic E-state index is 0.109. The van der Waals surface area contributed by atoms with Crippen LogP contribution >= 0.6 is 0 Å². The number of aliphatic hydroxyl groups excluding tert-OH is 1. The quantitative estimate of drug-likeness (QED) is 0.716. The first-order valence-corrected chi connectivity index (χ1v) is 4.67. The zero-order valence-electron chi connectivity index (χ0n) is 8.99. The van der Waals surface area contributed by atoms with Crippen molar-refractivity contribution in [3.05, 3.63) is 24.3 Å². The molecule has 0 bridgehead atoms. The molecule has 0 aliphatic carbocycles. The highest BCUT2D eigenvalue weighted by atomic mass is 16.3. The van der Waals surface area contributed by atoms with Gasteiger partial charge in [-0.15, -0.1) is 0 Å². The van der Waals surface area contributed by atoms with Crippen molar-refractivity contribution in [3.63, 3.8) is 0 Å². The van der Waals surface area contributed by atoms with Gasteiger partial charge in [0.2, 0.25) is 0 Å². The van der Waals surface area contributed by atoms with Gasteiger partial charge in [-0.05, 0) is 32.0 Å². The molecule has 0 aliphatic heterocycles. The first-order chi connectivity index (χ1) is 6.47. The lowest BCUT2D eigenvalue weighted by molar-refractivity contribution is 0.216. The standard InChI is InChI=1S/C11H18N2O/c1-11(2,8-14)13(3)10-6-4-5-9(12)7-10/h4-7,14H,8,12H2,1-3H3. The Kier molecular flexibility index (Phi) is 3.01. The third-order valence-corrected chi connectivity index (χ3v) is 2.55. The summed E-state index contributed by atoms with van der Waals surface area (Å²) < 4.78 is 0. The fourth-order valence-electron chi connectivity index (χ4n) is 1.19. The third kappa shape index (κ3) is 2.17. The number of hydrogen-bond acceptors (Lipinski definition) is 3. The average Bonchev–Trinajstić information content (AvgIpc) is 2.16. The second-order valence-corrected chi connectivity index (χ2v) is 4.12. The predicted molar refractivity (Wildman–Crippen MR) is 60.4 cm³/mol.